The van der Waals surface area contributed by atoms with Crippen LogP contribution in [0.25, 0.3) is 11.6 Å². The second-order valence-electron chi connectivity index (χ2n) is 9.12. The number of hydrogen-bond acceptors (Lipinski definition) is 5. The molecule has 0 radical (unpaired) electrons. The summed E-state index contributed by atoms with van der Waals surface area (Å²) in [5.74, 6) is -1.32. The van der Waals surface area contributed by atoms with E-state index < -0.39 is 17.8 Å². The molecule has 35 heavy (non-hydrogen) atoms. The van der Waals surface area contributed by atoms with Crippen LogP contribution in [-0.2, 0) is 9.59 Å². The van der Waals surface area contributed by atoms with Gasteiger partial charge in [0.25, 0.3) is 11.8 Å². The maximum absolute atomic E-state index is 13.7. The normalized spacial score (nSPS) is 17.9. The summed E-state index contributed by atoms with van der Waals surface area (Å²) in [7, 11) is 2.00. The van der Waals surface area contributed by atoms with Gasteiger partial charge in [0, 0.05) is 55.4 Å². The first-order chi connectivity index (χ1) is 16.6. The minimum absolute atomic E-state index is 0.0580. The SMILES string of the molecule is Cc1[nH]c(/C=C2\C(=O)Nc3ccc(F)cc32)c(C)c1C(=O)NCC(O)CC(=O)N1CCN(C)CC1. The number of nitrogens with zero attached hydrogens (tertiary/aromatic N) is 2. The molecule has 0 spiro atoms. The third-order valence-corrected chi connectivity index (χ3v) is 6.52. The number of carbonyl (C=O) groups is 3. The van der Waals surface area contributed by atoms with E-state index >= 15 is 0 Å². The molecule has 1 saturated heterocycles. The Balaban J connectivity index is 1.41. The number of H-pyrrole nitrogens is 1. The molecule has 1 aromatic heterocycles. The Bertz CT molecular complexity index is 1200. The predicted octanol–water partition coefficient (Wildman–Crippen LogP) is 1.52. The van der Waals surface area contributed by atoms with Crippen molar-refractivity contribution in [2.24, 2.45) is 0 Å². The standard InChI is InChI=1S/C25H30FN5O4/c1-14-21(12-19-18-10-16(26)4-5-20(18)29-24(19)34)28-15(2)23(14)25(35)27-13-17(32)11-22(33)31-8-6-30(3)7-9-31/h4-5,10,12,17,28,32H,6-9,11,13H2,1-3H3,(H,27,35)(H,29,34)/b19-12-. The van der Waals surface area contributed by atoms with Crippen LogP contribution < -0.4 is 10.6 Å². The number of aromatic amines is 1. The first-order valence-corrected chi connectivity index (χ1v) is 11.6. The second kappa shape index (κ2) is 10.0. The van der Waals surface area contributed by atoms with Gasteiger partial charge in [-0.25, -0.2) is 4.39 Å². The fraction of sp³-hybridized carbons (Fsp3) is 0.400. The molecular weight excluding hydrogens is 453 g/mol. The van der Waals surface area contributed by atoms with Crippen LogP contribution >= 0.6 is 0 Å². The summed E-state index contributed by atoms with van der Waals surface area (Å²) in [6, 6.07) is 4.08. The highest BCUT2D eigenvalue weighted by atomic mass is 19.1. The van der Waals surface area contributed by atoms with Crippen molar-refractivity contribution >= 4 is 35.1 Å². The molecule has 1 atom stereocenters. The van der Waals surface area contributed by atoms with Gasteiger partial charge >= 0.3 is 0 Å². The maximum Gasteiger partial charge on any atom is 0.256 e. The van der Waals surface area contributed by atoms with Crippen LogP contribution in [0.3, 0.4) is 0 Å². The van der Waals surface area contributed by atoms with Crippen molar-refractivity contribution < 1.29 is 23.9 Å². The molecule has 4 rings (SSSR count). The number of rotatable bonds is 6. The summed E-state index contributed by atoms with van der Waals surface area (Å²) < 4.78 is 13.7. The van der Waals surface area contributed by atoms with Crippen LogP contribution in [0, 0.1) is 19.7 Å². The number of carbonyl (C=O) groups excluding carboxylic acids is 3. The van der Waals surface area contributed by atoms with Crippen LogP contribution in [0.1, 0.15) is 39.3 Å². The smallest absolute Gasteiger partial charge is 0.256 e. The van der Waals surface area contributed by atoms with Gasteiger partial charge in [0.1, 0.15) is 5.82 Å². The van der Waals surface area contributed by atoms with E-state index in [9.17, 15) is 23.9 Å². The first kappa shape index (κ1) is 24.6. The van der Waals surface area contributed by atoms with Crippen LogP contribution in [0.4, 0.5) is 10.1 Å². The number of aryl methyl sites for hydroxylation is 1. The van der Waals surface area contributed by atoms with E-state index in [1.165, 1.54) is 18.2 Å². The fourth-order valence-corrected chi connectivity index (χ4v) is 4.46. The van der Waals surface area contributed by atoms with E-state index in [0.717, 1.165) is 13.1 Å². The molecule has 10 heteroatoms. The van der Waals surface area contributed by atoms with E-state index in [1.54, 1.807) is 24.8 Å². The van der Waals surface area contributed by atoms with Crippen LogP contribution in [0.5, 0.6) is 0 Å². The molecule has 1 unspecified atom stereocenters. The van der Waals surface area contributed by atoms with Crippen molar-refractivity contribution in [1.82, 2.24) is 20.1 Å². The minimum atomic E-state index is -0.999. The number of aliphatic hydroxyl groups excluding tert-OH is 1. The molecule has 2 aromatic rings. The zero-order valence-corrected chi connectivity index (χ0v) is 20.1. The zero-order valence-electron chi connectivity index (χ0n) is 20.1. The van der Waals surface area contributed by atoms with Crippen molar-refractivity contribution in [3.8, 4) is 0 Å². The second-order valence-corrected chi connectivity index (χ2v) is 9.12. The lowest BCUT2D eigenvalue weighted by atomic mass is 10.0. The molecule has 9 nitrogen and oxygen atoms in total. The largest absolute Gasteiger partial charge is 0.391 e. The van der Waals surface area contributed by atoms with Crippen molar-refractivity contribution in [3.05, 3.63) is 52.1 Å². The average molecular weight is 484 g/mol. The Labute approximate surface area is 203 Å². The van der Waals surface area contributed by atoms with E-state index in [0.29, 0.717) is 52.4 Å². The summed E-state index contributed by atoms with van der Waals surface area (Å²) in [6.07, 6.45) is 0.543. The van der Waals surface area contributed by atoms with Gasteiger partial charge < -0.3 is 30.5 Å². The maximum atomic E-state index is 13.7. The monoisotopic (exact) mass is 483 g/mol. The lowest BCUT2D eigenvalue weighted by Gasteiger charge is -2.32. The topological polar surface area (TPSA) is 118 Å². The highest BCUT2D eigenvalue weighted by Crippen LogP contribution is 2.34. The Morgan fingerprint density at radius 2 is 1.94 bits per heavy atom. The van der Waals surface area contributed by atoms with Crippen molar-refractivity contribution in [3.63, 3.8) is 0 Å². The Morgan fingerprint density at radius 1 is 1.23 bits per heavy atom. The number of likely N-dealkylation sites (N-methyl/N-ethyl adjacent to an activating group) is 1. The van der Waals surface area contributed by atoms with Gasteiger partial charge in [-0.1, -0.05) is 0 Å². The minimum Gasteiger partial charge on any atom is -0.391 e. The van der Waals surface area contributed by atoms with Gasteiger partial charge in [-0.05, 0) is 50.7 Å². The fourth-order valence-electron chi connectivity index (χ4n) is 4.46. The molecule has 0 saturated carbocycles. The summed E-state index contributed by atoms with van der Waals surface area (Å²) in [6.45, 7) is 6.27. The molecule has 4 N–H and O–H groups in total. The van der Waals surface area contributed by atoms with Crippen molar-refractivity contribution in [2.75, 3.05) is 45.1 Å². The van der Waals surface area contributed by atoms with E-state index in [-0.39, 0.29) is 24.8 Å². The van der Waals surface area contributed by atoms with Gasteiger partial charge in [0.05, 0.1) is 23.7 Å². The van der Waals surface area contributed by atoms with E-state index in [2.05, 4.69) is 20.5 Å². The molecule has 3 heterocycles. The van der Waals surface area contributed by atoms with Crippen LogP contribution in [-0.4, -0.2) is 83.5 Å². The molecular formula is C25H30FN5O4. The van der Waals surface area contributed by atoms with Crippen LogP contribution in [0.15, 0.2) is 18.2 Å². The highest BCUT2D eigenvalue weighted by Gasteiger charge is 2.27. The molecule has 0 bridgehead atoms. The molecule has 2 aliphatic heterocycles. The number of piperazine rings is 1. The average Bonchev–Trinajstić information content (AvgIpc) is 3.27. The van der Waals surface area contributed by atoms with Gasteiger partial charge in [-0.2, -0.15) is 0 Å². The number of nitrogens with one attached hydrogen (secondary N) is 3. The number of amides is 3. The van der Waals surface area contributed by atoms with Gasteiger partial charge in [0.2, 0.25) is 5.91 Å². The van der Waals surface area contributed by atoms with Gasteiger partial charge in [0.15, 0.2) is 0 Å². The molecule has 1 fully saturated rings. The third kappa shape index (κ3) is 5.28. The number of hydrogen-bond donors (Lipinski definition) is 4. The predicted molar refractivity (Wildman–Crippen MR) is 130 cm³/mol. The number of aromatic nitrogens is 1. The molecule has 186 valence electrons. The van der Waals surface area contributed by atoms with Crippen molar-refractivity contribution in [2.45, 2.75) is 26.4 Å². The molecule has 1 aromatic carbocycles. The zero-order chi connectivity index (χ0) is 25.3. The lowest BCUT2D eigenvalue weighted by molar-refractivity contribution is -0.134. The molecule has 2 aliphatic rings. The number of aliphatic hydroxyl groups is 1. The summed E-state index contributed by atoms with van der Waals surface area (Å²) >= 11 is 0. The Morgan fingerprint density at radius 3 is 2.66 bits per heavy atom. The quantitative estimate of drug-likeness (QED) is 0.465. The van der Waals surface area contributed by atoms with Gasteiger partial charge in [-0.15, -0.1) is 0 Å². The Hall–Kier alpha value is -3.50. The Kier molecular flexibility index (Phi) is 7.04. The molecule has 3 amide bonds. The number of fused-ring (bicyclic) bond motifs is 1. The number of halogens is 1. The van der Waals surface area contributed by atoms with E-state index in [4.69, 9.17) is 0 Å². The summed E-state index contributed by atoms with van der Waals surface area (Å²) in [4.78, 5) is 44.7. The highest BCUT2D eigenvalue weighted by molar-refractivity contribution is 6.34. The van der Waals surface area contributed by atoms with Crippen molar-refractivity contribution in [1.29, 1.82) is 0 Å². The summed E-state index contributed by atoms with van der Waals surface area (Å²) in [5.41, 5.74) is 3.45. The first-order valence-electron chi connectivity index (χ1n) is 11.6. The number of anilines is 1. The van der Waals surface area contributed by atoms with Gasteiger partial charge in [-0.3, -0.25) is 14.4 Å². The summed E-state index contributed by atoms with van der Waals surface area (Å²) in [5, 5.41) is 15.7. The van der Waals surface area contributed by atoms with Crippen LogP contribution in [0.2, 0.25) is 0 Å². The third-order valence-electron chi connectivity index (χ3n) is 6.52. The molecule has 0 aliphatic carbocycles. The number of benzene rings is 1. The lowest BCUT2D eigenvalue weighted by Crippen LogP contribution is -2.48. The van der Waals surface area contributed by atoms with E-state index in [1.807, 2.05) is 7.05 Å².